The summed E-state index contributed by atoms with van der Waals surface area (Å²) < 4.78 is 1.10. The minimum absolute atomic E-state index is 0.642. The van der Waals surface area contributed by atoms with Crippen molar-refractivity contribution in [1.29, 1.82) is 0 Å². The summed E-state index contributed by atoms with van der Waals surface area (Å²) in [4.78, 5) is 2.57. The van der Waals surface area contributed by atoms with Crippen molar-refractivity contribution < 1.29 is 0 Å². The Kier molecular flexibility index (Phi) is 6.14. The summed E-state index contributed by atoms with van der Waals surface area (Å²) in [5, 5.41) is 4.37. The van der Waals surface area contributed by atoms with Gasteiger partial charge in [0.25, 0.3) is 0 Å². The molecule has 19 heavy (non-hydrogen) atoms. The van der Waals surface area contributed by atoms with Gasteiger partial charge >= 0.3 is 0 Å². The third-order valence-electron chi connectivity index (χ3n) is 3.68. The standard InChI is InChI=1S/C15H22BrClN2/c1-2-8-19(14-4-3-7-18-10-14)11-12-9-13(16)5-6-15(12)17/h5-6,9,14,18H,2-4,7-8,10-11H2,1H3. The zero-order chi connectivity index (χ0) is 13.7. The lowest BCUT2D eigenvalue weighted by Crippen LogP contribution is -2.45. The normalized spacial score (nSPS) is 19.9. The van der Waals surface area contributed by atoms with Crippen molar-refractivity contribution in [3.63, 3.8) is 0 Å². The smallest absolute Gasteiger partial charge is 0.0451 e. The topological polar surface area (TPSA) is 15.3 Å². The van der Waals surface area contributed by atoms with Crippen LogP contribution in [-0.4, -0.2) is 30.6 Å². The van der Waals surface area contributed by atoms with E-state index in [2.05, 4.69) is 39.1 Å². The van der Waals surface area contributed by atoms with Crippen molar-refractivity contribution in [2.45, 2.75) is 38.8 Å². The molecule has 106 valence electrons. The maximum atomic E-state index is 6.32. The zero-order valence-corrected chi connectivity index (χ0v) is 13.8. The Bertz CT molecular complexity index is 405. The number of benzene rings is 1. The Morgan fingerprint density at radius 3 is 3.00 bits per heavy atom. The van der Waals surface area contributed by atoms with Crippen molar-refractivity contribution >= 4 is 27.5 Å². The summed E-state index contributed by atoms with van der Waals surface area (Å²) >= 11 is 9.85. The molecule has 1 aliphatic rings. The third kappa shape index (κ3) is 4.45. The number of piperidine rings is 1. The fourth-order valence-corrected chi connectivity index (χ4v) is 3.29. The van der Waals surface area contributed by atoms with E-state index in [-0.39, 0.29) is 0 Å². The van der Waals surface area contributed by atoms with Crippen molar-refractivity contribution in [3.8, 4) is 0 Å². The predicted molar refractivity (Wildman–Crippen MR) is 85.7 cm³/mol. The van der Waals surface area contributed by atoms with Gasteiger partial charge in [0.05, 0.1) is 0 Å². The highest BCUT2D eigenvalue weighted by Gasteiger charge is 2.21. The second-order valence-corrected chi connectivity index (χ2v) is 6.53. The third-order valence-corrected chi connectivity index (χ3v) is 4.54. The van der Waals surface area contributed by atoms with Crippen LogP contribution in [0.2, 0.25) is 5.02 Å². The van der Waals surface area contributed by atoms with Crippen LogP contribution < -0.4 is 5.32 Å². The first kappa shape index (κ1) is 15.3. The van der Waals surface area contributed by atoms with Gasteiger partial charge in [-0.25, -0.2) is 0 Å². The van der Waals surface area contributed by atoms with Crippen LogP contribution in [0.4, 0.5) is 0 Å². The molecule has 1 atom stereocenters. The van der Waals surface area contributed by atoms with Crippen LogP contribution in [0.3, 0.4) is 0 Å². The molecule has 1 N–H and O–H groups in total. The average Bonchev–Trinajstić information content (AvgIpc) is 2.43. The largest absolute Gasteiger partial charge is 0.315 e. The SMILES string of the molecule is CCCN(Cc1cc(Br)ccc1Cl)C1CCCNC1. The molecule has 1 aromatic carbocycles. The van der Waals surface area contributed by atoms with Gasteiger partial charge < -0.3 is 5.32 Å². The number of rotatable bonds is 5. The molecule has 1 aliphatic heterocycles. The molecule has 0 aromatic heterocycles. The van der Waals surface area contributed by atoms with Crippen molar-refractivity contribution in [2.75, 3.05) is 19.6 Å². The molecule has 1 saturated heterocycles. The van der Waals surface area contributed by atoms with E-state index in [4.69, 9.17) is 11.6 Å². The van der Waals surface area contributed by atoms with Crippen molar-refractivity contribution in [3.05, 3.63) is 33.3 Å². The van der Waals surface area contributed by atoms with E-state index < -0.39 is 0 Å². The lowest BCUT2D eigenvalue weighted by atomic mass is 10.0. The Morgan fingerprint density at radius 1 is 1.47 bits per heavy atom. The van der Waals surface area contributed by atoms with Crippen molar-refractivity contribution in [2.24, 2.45) is 0 Å². The summed E-state index contributed by atoms with van der Waals surface area (Å²) in [5.41, 5.74) is 1.22. The van der Waals surface area contributed by atoms with Gasteiger partial charge in [-0.05, 0) is 56.1 Å². The average molecular weight is 346 g/mol. The van der Waals surface area contributed by atoms with Gasteiger partial charge in [0, 0.05) is 28.6 Å². The lowest BCUT2D eigenvalue weighted by Gasteiger charge is -2.34. The monoisotopic (exact) mass is 344 g/mol. The molecule has 1 aromatic rings. The number of hydrogen-bond acceptors (Lipinski definition) is 2. The number of nitrogens with zero attached hydrogens (tertiary/aromatic N) is 1. The summed E-state index contributed by atoms with van der Waals surface area (Å²) in [5.74, 6) is 0. The highest BCUT2D eigenvalue weighted by molar-refractivity contribution is 9.10. The van der Waals surface area contributed by atoms with E-state index in [1.807, 2.05) is 12.1 Å². The molecule has 0 saturated carbocycles. The van der Waals surface area contributed by atoms with Gasteiger partial charge in [-0.3, -0.25) is 4.90 Å². The number of hydrogen-bond donors (Lipinski definition) is 1. The van der Waals surface area contributed by atoms with E-state index >= 15 is 0 Å². The zero-order valence-electron chi connectivity index (χ0n) is 11.5. The van der Waals surface area contributed by atoms with E-state index in [0.29, 0.717) is 6.04 Å². The van der Waals surface area contributed by atoms with Crippen LogP contribution in [0.15, 0.2) is 22.7 Å². The van der Waals surface area contributed by atoms with Crippen LogP contribution in [0, 0.1) is 0 Å². The minimum atomic E-state index is 0.642. The Hall–Kier alpha value is -0.0900. The number of halogens is 2. The molecule has 1 heterocycles. The van der Waals surface area contributed by atoms with Crippen LogP contribution in [0.25, 0.3) is 0 Å². The van der Waals surface area contributed by atoms with Gasteiger partial charge in [0.2, 0.25) is 0 Å². The van der Waals surface area contributed by atoms with Gasteiger partial charge in [0.15, 0.2) is 0 Å². The van der Waals surface area contributed by atoms with Gasteiger partial charge in [0.1, 0.15) is 0 Å². The maximum Gasteiger partial charge on any atom is 0.0451 e. The molecular weight excluding hydrogens is 324 g/mol. The highest BCUT2D eigenvalue weighted by Crippen LogP contribution is 2.24. The molecule has 0 aliphatic carbocycles. The van der Waals surface area contributed by atoms with Crippen LogP contribution in [-0.2, 0) is 6.54 Å². The summed E-state index contributed by atoms with van der Waals surface area (Å²) in [6.45, 7) is 6.58. The van der Waals surface area contributed by atoms with Gasteiger partial charge in [-0.15, -0.1) is 0 Å². The first-order valence-electron chi connectivity index (χ1n) is 7.09. The fourth-order valence-electron chi connectivity index (χ4n) is 2.71. The molecule has 2 nitrogen and oxygen atoms in total. The Labute approximate surface area is 129 Å². The van der Waals surface area contributed by atoms with Crippen LogP contribution in [0.5, 0.6) is 0 Å². The Balaban J connectivity index is 2.08. The molecule has 2 rings (SSSR count). The molecule has 0 amide bonds. The van der Waals surface area contributed by atoms with Crippen LogP contribution >= 0.6 is 27.5 Å². The fraction of sp³-hybridized carbons (Fsp3) is 0.600. The van der Waals surface area contributed by atoms with Crippen molar-refractivity contribution in [1.82, 2.24) is 10.2 Å². The second-order valence-electron chi connectivity index (χ2n) is 5.21. The van der Waals surface area contributed by atoms with E-state index in [1.54, 1.807) is 0 Å². The molecule has 4 heteroatoms. The lowest BCUT2D eigenvalue weighted by molar-refractivity contribution is 0.158. The van der Waals surface area contributed by atoms with E-state index in [1.165, 1.54) is 24.8 Å². The van der Waals surface area contributed by atoms with Gasteiger partial charge in [-0.1, -0.05) is 34.5 Å². The number of nitrogens with one attached hydrogen (secondary N) is 1. The highest BCUT2D eigenvalue weighted by atomic mass is 79.9. The first-order chi connectivity index (χ1) is 9.20. The Morgan fingerprint density at radius 2 is 2.32 bits per heavy atom. The van der Waals surface area contributed by atoms with Crippen LogP contribution in [0.1, 0.15) is 31.7 Å². The minimum Gasteiger partial charge on any atom is -0.315 e. The molecule has 1 fully saturated rings. The summed E-state index contributed by atoms with van der Waals surface area (Å²) in [6, 6.07) is 6.76. The molecule has 0 spiro atoms. The first-order valence-corrected chi connectivity index (χ1v) is 8.26. The molecule has 0 bridgehead atoms. The maximum absolute atomic E-state index is 6.32. The van der Waals surface area contributed by atoms with Gasteiger partial charge in [-0.2, -0.15) is 0 Å². The summed E-state index contributed by atoms with van der Waals surface area (Å²) in [6.07, 6.45) is 3.75. The molecular formula is C15H22BrClN2. The molecule has 0 radical (unpaired) electrons. The van der Waals surface area contributed by atoms with E-state index in [9.17, 15) is 0 Å². The quantitative estimate of drug-likeness (QED) is 0.865. The molecule has 1 unspecified atom stereocenters. The second kappa shape index (κ2) is 7.63. The predicted octanol–water partition coefficient (Wildman–Crippen LogP) is 4.07. The summed E-state index contributed by atoms with van der Waals surface area (Å²) in [7, 11) is 0. The van der Waals surface area contributed by atoms with E-state index in [0.717, 1.165) is 35.7 Å².